The maximum Gasteiger partial charge on any atom is 0.160 e. The molecule has 1 aliphatic rings. The van der Waals surface area contributed by atoms with E-state index in [-0.39, 0.29) is 11.3 Å². The van der Waals surface area contributed by atoms with Crippen LogP contribution < -0.4 is 0 Å². The van der Waals surface area contributed by atoms with Gasteiger partial charge in [-0.3, -0.25) is 4.79 Å². The average Bonchev–Trinajstić information content (AvgIpc) is 2.39. The molecule has 0 aromatic heterocycles. The molecule has 2 rings (SSSR count). The van der Waals surface area contributed by atoms with E-state index in [1.165, 1.54) is 0 Å². The smallest absolute Gasteiger partial charge is 0.160 e. The first-order chi connectivity index (χ1) is 9.46. The molecule has 0 spiro atoms. The lowest BCUT2D eigenvalue weighted by Crippen LogP contribution is -2.34. The molecule has 1 aromatic carbocycles. The molecule has 4 heteroatoms. The van der Waals surface area contributed by atoms with E-state index in [1.54, 1.807) is 0 Å². The second kappa shape index (κ2) is 5.70. The van der Waals surface area contributed by atoms with Gasteiger partial charge < -0.3 is 0 Å². The third kappa shape index (κ3) is 2.87. The van der Waals surface area contributed by atoms with Crippen LogP contribution in [0.3, 0.4) is 0 Å². The van der Waals surface area contributed by atoms with Crippen molar-refractivity contribution in [3.8, 4) is 6.07 Å². The lowest BCUT2D eigenvalue weighted by Gasteiger charge is -2.33. The minimum atomic E-state index is -1.09. The predicted octanol–water partition coefficient (Wildman–Crippen LogP) is 4.11. The van der Waals surface area contributed by atoms with Crippen molar-refractivity contribution in [1.82, 2.24) is 0 Å². The number of rotatable bonds is 3. The SMILES string of the molecule is CC1(C(=O)C(C#N)c2cc(F)cc(F)c2)CCCCC1. The number of hydrogen-bond acceptors (Lipinski definition) is 2. The fraction of sp³-hybridized carbons (Fsp3) is 0.500. The predicted molar refractivity (Wildman–Crippen MR) is 70.9 cm³/mol. The van der Waals surface area contributed by atoms with E-state index in [2.05, 4.69) is 0 Å². The Balaban J connectivity index is 2.32. The Morgan fingerprint density at radius 3 is 2.25 bits per heavy atom. The van der Waals surface area contributed by atoms with Crippen LogP contribution in [0.5, 0.6) is 0 Å². The zero-order chi connectivity index (χ0) is 14.8. The maximum absolute atomic E-state index is 13.3. The van der Waals surface area contributed by atoms with Gasteiger partial charge in [-0.2, -0.15) is 5.26 Å². The molecule has 0 aliphatic heterocycles. The summed E-state index contributed by atoms with van der Waals surface area (Å²) in [5, 5.41) is 9.26. The third-order valence-corrected chi connectivity index (χ3v) is 4.16. The van der Waals surface area contributed by atoms with Crippen molar-refractivity contribution in [2.24, 2.45) is 5.41 Å². The van der Waals surface area contributed by atoms with Crippen LogP contribution in [0.15, 0.2) is 18.2 Å². The number of ketones is 1. The van der Waals surface area contributed by atoms with E-state index < -0.39 is 23.0 Å². The fourth-order valence-electron chi connectivity index (χ4n) is 2.95. The number of benzene rings is 1. The molecule has 1 saturated carbocycles. The topological polar surface area (TPSA) is 40.9 Å². The zero-order valence-electron chi connectivity index (χ0n) is 11.5. The van der Waals surface area contributed by atoms with Crippen LogP contribution in [0.1, 0.15) is 50.5 Å². The van der Waals surface area contributed by atoms with Gasteiger partial charge in [0, 0.05) is 11.5 Å². The van der Waals surface area contributed by atoms with E-state index in [0.29, 0.717) is 0 Å². The summed E-state index contributed by atoms with van der Waals surface area (Å²) in [4.78, 5) is 12.6. The van der Waals surface area contributed by atoms with Crippen LogP contribution in [0.4, 0.5) is 8.78 Å². The third-order valence-electron chi connectivity index (χ3n) is 4.16. The number of nitriles is 1. The normalized spacial score (nSPS) is 19.1. The zero-order valence-corrected chi connectivity index (χ0v) is 11.5. The average molecular weight is 277 g/mol. The van der Waals surface area contributed by atoms with E-state index >= 15 is 0 Å². The van der Waals surface area contributed by atoms with Gasteiger partial charge in [0.15, 0.2) is 5.78 Å². The molecular weight excluding hydrogens is 260 g/mol. The molecule has 106 valence electrons. The highest BCUT2D eigenvalue weighted by Crippen LogP contribution is 2.40. The van der Waals surface area contributed by atoms with Crippen molar-refractivity contribution in [2.45, 2.75) is 44.9 Å². The van der Waals surface area contributed by atoms with Gasteiger partial charge in [0.25, 0.3) is 0 Å². The summed E-state index contributed by atoms with van der Waals surface area (Å²) >= 11 is 0. The summed E-state index contributed by atoms with van der Waals surface area (Å²) in [5.74, 6) is -2.84. The second-order valence-corrected chi connectivity index (χ2v) is 5.75. The Kier molecular flexibility index (Phi) is 4.17. The standard InChI is InChI=1S/C16H17F2NO/c1-16(5-3-2-4-6-16)15(20)14(10-19)11-7-12(17)9-13(18)8-11/h7-9,14H,2-6H2,1H3. The molecule has 0 amide bonds. The van der Waals surface area contributed by atoms with Crippen molar-refractivity contribution in [1.29, 1.82) is 5.26 Å². The largest absolute Gasteiger partial charge is 0.297 e. The van der Waals surface area contributed by atoms with Crippen LogP contribution in [0.25, 0.3) is 0 Å². The Hall–Kier alpha value is -1.76. The van der Waals surface area contributed by atoms with Gasteiger partial charge in [0.05, 0.1) is 6.07 Å². The number of carbonyl (C=O) groups is 1. The minimum Gasteiger partial charge on any atom is -0.297 e. The van der Waals surface area contributed by atoms with Crippen LogP contribution in [0, 0.1) is 28.4 Å². The maximum atomic E-state index is 13.3. The minimum absolute atomic E-state index is 0.113. The highest BCUT2D eigenvalue weighted by Gasteiger charge is 2.39. The first-order valence-electron chi connectivity index (χ1n) is 6.86. The van der Waals surface area contributed by atoms with Crippen LogP contribution >= 0.6 is 0 Å². The van der Waals surface area contributed by atoms with Crippen molar-refractivity contribution in [3.63, 3.8) is 0 Å². The number of hydrogen-bond donors (Lipinski definition) is 0. The number of carbonyl (C=O) groups excluding carboxylic acids is 1. The molecule has 0 N–H and O–H groups in total. The van der Waals surface area contributed by atoms with Gasteiger partial charge in [-0.25, -0.2) is 8.78 Å². The van der Waals surface area contributed by atoms with Gasteiger partial charge in [0.2, 0.25) is 0 Å². The van der Waals surface area contributed by atoms with E-state index in [1.807, 2.05) is 13.0 Å². The Morgan fingerprint density at radius 2 is 1.75 bits per heavy atom. The molecule has 0 radical (unpaired) electrons. The second-order valence-electron chi connectivity index (χ2n) is 5.75. The first kappa shape index (κ1) is 14.6. The van der Waals surface area contributed by atoms with Gasteiger partial charge in [0.1, 0.15) is 17.6 Å². The highest BCUT2D eigenvalue weighted by molar-refractivity contribution is 5.93. The molecule has 2 nitrogen and oxygen atoms in total. The molecular formula is C16H17F2NO. The fourth-order valence-corrected chi connectivity index (χ4v) is 2.95. The Labute approximate surface area is 117 Å². The number of Topliss-reactive ketones (excluding diaryl/α,β-unsaturated/α-hetero) is 1. The van der Waals surface area contributed by atoms with Crippen molar-refractivity contribution in [2.75, 3.05) is 0 Å². The van der Waals surface area contributed by atoms with Gasteiger partial charge >= 0.3 is 0 Å². The summed E-state index contributed by atoms with van der Waals surface area (Å²) in [6, 6.07) is 4.79. The van der Waals surface area contributed by atoms with Gasteiger partial charge in [-0.05, 0) is 30.5 Å². The molecule has 1 unspecified atom stereocenters. The van der Waals surface area contributed by atoms with Crippen molar-refractivity contribution in [3.05, 3.63) is 35.4 Å². The van der Waals surface area contributed by atoms with Crippen molar-refractivity contribution >= 4 is 5.78 Å². The van der Waals surface area contributed by atoms with Crippen LogP contribution in [-0.2, 0) is 4.79 Å². The van der Waals surface area contributed by atoms with Crippen LogP contribution in [0.2, 0.25) is 0 Å². The Bertz CT molecular complexity index is 536. The molecule has 20 heavy (non-hydrogen) atoms. The quantitative estimate of drug-likeness (QED) is 0.834. The molecule has 1 fully saturated rings. The summed E-state index contributed by atoms with van der Waals surface area (Å²) < 4.78 is 26.5. The number of nitrogens with zero attached hydrogens (tertiary/aromatic N) is 1. The highest BCUT2D eigenvalue weighted by atomic mass is 19.1. The van der Waals surface area contributed by atoms with E-state index in [9.17, 15) is 18.8 Å². The van der Waals surface area contributed by atoms with Crippen molar-refractivity contribution < 1.29 is 13.6 Å². The van der Waals surface area contributed by atoms with Crippen LogP contribution in [-0.4, -0.2) is 5.78 Å². The molecule has 1 aliphatic carbocycles. The summed E-state index contributed by atoms with van der Waals surface area (Å²) in [5.41, 5.74) is -0.441. The Morgan fingerprint density at radius 1 is 1.20 bits per heavy atom. The summed E-state index contributed by atoms with van der Waals surface area (Å²) in [6.45, 7) is 1.86. The van der Waals surface area contributed by atoms with E-state index in [0.717, 1.165) is 50.3 Å². The molecule has 0 saturated heterocycles. The summed E-state index contributed by atoms with van der Waals surface area (Å²) in [7, 11) is 0. The molecule has 1 aromatic rings. The molecule has 1 atom stereocenters. The lowest BCUT2D eigenvalue weighted by molar-refractivity contribution is -0.129. The lowest BCUT2D eigenvalue weighted by atomic mass is 9.68. The summed E-state index contributed by atoms with van der Waals surface area (Å²) in [6.07, 6.45) is 4.48. The molecule has 0 bridgehead atoms. The van der Waals surface area contributed by atoms with Gasteiger partial charge in [-0.1, -0.05) is 26.2 Å². The first-order valence-corrected chi connectivity index (χ1v) is 6.86. The number of halogens is 2. The molecule has 0 heterocycles. The monoisotopic (exact) mass is 277 g/mol. The van der Waals surface area contributed by atoms with E-state index in [4.69, 9.17) is 0 Å². The van der Waals surface area contributed by atoms with Gasteiger partial charge in [-0.15, -0.1) is 0 Å².